The molecule has 0 atom stereocenters. The fourth-order valence-corrected chi connectivity index (χ4v) is 1.93. The number of aromatic nitrogens is 4. The van der Waals surface area contributed by atoms with Gasteiger partial charge in [-0.05, 0) is 12.1 Å². The summed E-state index contributed by atoms with van der Waals surface area (Å²) in [4.78, 5) is 21.8. The number of aliphatic carboxylic acids is 2. The van der Waals surface area contributed by atoms with E-state index in [1.807, 2.05) is 12.1 Å². The van der Waals surface area contributed by atoms with E-state index in [-0.39, 0.29) is 0 Å². The lowest BCUT2D eigenvalue weighted by Gasteiger charge is -2.16. The second-order valence-electron chi connectivity index (χ2n) is 5.56. The SMILES string of the molecule is O=C(O)C(F)(F)F.O=C(O)C(F)(F)F.c1cncc(NCc2nnc3n2CCNC3)c1. The van der Waals surface area contributed by atoms with Crippen LogP contribution in [-0.2, 0) is 29.2 Å². The maximum atomic E-state index is 10.6. The second kappa shape index (κ2) is 11.1. The molecular weight excluding hydrogens is 442 g/mol. The van der Waals surface area contributed by atoms with Crippen LogP contribution in [0, 0.1) is 0 Å². The Morgan fingerprint density at radius 3 is 2.16 bits per heavy atom. The van der Waals surface area contributed by atoms with Gasteiger partial charge in [-0.1, -0.05) is 0 Å². The molecule has 1 aliphatic heterocycles. The van der Waals surface area contributed by atoms with Crippen molar-refractivity contribution in [3.05, 3.63) is 36.2 Å². The van der Waals surface area contributed by atoms with Crippen LogP contribution in [0.15, 0.2) is 24.5 Å². The summed E-state index contributed by atoms with van der Waals surface area (Å²) in [6.07, 6.45) is -6.61. The number of fused-ring (bicyclic) bond motifs is 1. The first-order valence-corrected chi connectivity index (χ1v) is 8.18. The molecule has 2 aromatic heterocycles. The lowest BCUT2D eigenvalue weighted by molar-refractivity contribution is -0.193. The van der Waals surface area contributed by atoms with Gasteiger partial charge in [0.25, 0.3) is 0 Å². The number of anilines is 1. The standard InChI is InChI=1S/C11H14N6.2C2HF3O2/c1-2-9(6-12-3-1)14-8-11-16-15-10-7-13-4-5-17(10)11;2*3-2(4,5)1(6)7/h1-3,6,13-14H,4-5,7-8H2;2*(H,6,7). The Labute approximate surface area is 169 Å². The van der Waals surface area contributed by atoms with Crippen LogP contribution in [-0.4, -0.2) is 60.8 Å². The number of carboxylic acids is 2. The van der Waals surface area contributed by atoms with Crippen molar-refractivity contribution < 1.29 is 46.1 Å². The predicted octanol–water partition coefficient (Wildman–Crippen LogP) is 1.66. The molecule has 0 aromatic carbocycles. The average molecular weight is 458 g/mol. The van der Waals surface area contributed by atoms with Crippen molar-refractivity contribution in [1.82, 2.24) is 25.1 Å². The smallest absolute Gasteiger partial charge is 0.475 e. The normalized spacial score (nSPS) is 13.0. The van der Waals surface area contributed by atoms with E-state index in [1.54, 1.807) is 12.4 Å². The highest BCUT2D eigenvalue weighted by molar-refractivity contribution is 5.73. The molecule has 1 aliphatic rings. The third kappa shape index (κ3) is 9.28. The average Bonchev–Trinajstić information content (AvgIpc) is 3.10. The number of halogens is 6. The van der Waals surface area contributed by atoms with E-state index in [2.05, 4.69) is 30.4 Å². The van der Waals surface area contributed by atoms with Crippen LogP contribution < -0.4 is 10.6 Å². The summed E-state index contributed by atoms with van der Waals surface area (Å²) >= 11 is 0. The second-order valence-corrected chi connectivity index (χ2v) is 5.56. The Balaban J connectivity index is 0.000000288. The van der Waals surface area contributed by atoms with Crippen LogP contribution >= 0.6 is 0 Å². The van der Waals surface area contributed by atoms with Crippen LogP contribution in [0.4, 0.5) is 32.0 Å². The molecule has 0 saturated heterocycles. The van der Waals surface area contributed by atoms with Crippen molar-refractivity contribution in [3.63, 3.8) is 0 Å². The summed E-state index contributed by atoms with van der Waals surface area (Å²) in [5.74, 6) is -3.52. The summed E-state index contributed by atoms with van der Waals surface area (Å²) in [5.41, 5.74) is 0.999. The molecule has 172 valence electrons. The number of nitrogens with one attached hydrogen (secondary N) is 2. The molecule has 0 amide bonds. The first kappa shape index (κ1) is 25.6. The Morgan fingerprint density at radius 1 is 1.10 bits per heavy atom. The van der Waals surface area contributed by atoms with Gasteiger partial charge >= 0.3 is 24.3 Å². The number of rotatable bonds is 3. The van der Waals surface area contributed by atoms with Crippen molar-refractivity contribution in [2.45, 2.75) is 32.0 Å². The first-order valence-electron chi connectivity index (χ1n) is 8.18. The summed E-state index contributed by atoms with van der Waals surface area (Å²) in [6.45, 7) is 3.40. The molecule has 10 nitrogen and oxygen atoms in total. The Hall–Kier alpha value is -3.43. The van der Waals surface area contributed by atoms with E-state index >= 15 is 0 Å². The fraction of sp³-hybridized carbons (Fsp3) is 0.400. The van der Waals surface area contributed by atoms with Crippen LogP contribution in [0.3, 0.4) is 0 Å². The highest BCUT2D eigenvalue weighted by atomic mass is 19.4. The van der Waals surface area contributed by atoms with E-state index in [1.165, 1.54) is 0 Å². The highest BCUT2D eigenvalue weighted by Crippen LogP contribution is 2.13. The first-order chi connectivity index (χ1) is 14.3. The highest BCUT2D eigenvalue weighted by Gasteiger charge is 2.38. The molecule has 2 aromatic rings. The molecule has 0 spiro atoms. The Bertz CT molecular complexity index is 832. The van der Waals surface area contributed by atoms with Gasteiger partial charge < -0.3 is 25.4 Å². The molecule has 0 bridgehead atoms. The molecule has 3 heterocycles. The lowest BCUT2D eigenvalue weighted by atomic mass is 10.4. The molecule has 0 aliphatic carbocycles. The third-order valence-electron chi connectivity index (χ3n) is 3.30. The van der Waals surface area contributed by atoms with Crippen LogP contribution in [0.5, 0.6) is 0 Å². The van der Waals surface area contributed by atoms with Crippen molar-refractivity contribution in [2.75, 3.05) is 11.9 Å². The third-order valence-corrected chi connectivity index (χ3v) is 3.30. The minimum atomic E-state index is -5.08. The topological polar surface area (TPSA) is 142 Å². The molecule has 4 N–H and O–H groups in total. The van der Waals surface area contributed by atoms with E-state index in [4.69, 9.17) is 19.8 Å². The van der Waals surface area contributed by atoms with Crippen molar-refractivity contribution in [3.8, 4) is 0 Å². The van der Waals surface area contributed by atoms with Crippen molar-refractivity contribution in [1.29, 1.82) is 0 Å². The number of alkyl halides is 6. The summed E-state index contributed by atoms with van der Waals surface area (Å²) in [6, 6.07) is 3.90. The quantitative estimate of drug-likeness (QED) is 0.505. The number of carboxylic acid groups (broad SMARTS) is 2. The maximum Gasteiger partial charge on any atom is 0.490 e. The van der Waals surface area contributed by atoms with Gasteiger partial charge in [-0.15, -0.1) is 10.2 Å². The minimum Gasteiger partial charge on any atom is -0.475 e. The van der Waals surface area contributed by atoms with Gasteiger partial charge in [0.05, 0.1) is 18.8 Å². The van der Waals surface area contributed by atoms with E-state index in [0.29, 0.717) is 6.54 Å². The molecule has 3 rings (SSSR count). The van der Waals surface area contributed by atoms with Crippen LogP contribution in [0.1, 0.15) is 11.6 Å². The van der Waals surface area contributed by atoms with Gasteiger partial charge in [0.1, 0.15) is 5.82 Å². The zero-order valence-corrected chi connectivity index (χ0v) is 15.4. The van der Waals surface area contributed by atoms with Crippen LogP contribution in [0.2, 0.25) is 0 Å². The number of nitrogens with zero attached hydrogens (tertiary/aromatic N) is 4. The van der Waals surface area contributed by atoms with E-state index < -0.39 is 24.3 Å². The molecule has 0 radical (unpaired) electrons. The maximum absolute atomic E-state index is 10.6. The van der Waals surface area contributed by atoms with Gasteiger partial charge in [-0.2, -0.15) is 26.3 Å². The number of hydrogen-bond acceptors (Lipinski definition) is 7. The summed E-state index contributed by atoms with van der Waals surface area (Å²) < 4.78 is 65.6. The van der Waals surface area contributed by atoms with Crippen molar-refractivity contribution in [2.24, 2.45) is 0 Å². The largest absolute Gasteiger partial charge is 0.490 e. The van der Waals surface area contributed by atoms with Gasteiger partial charge in [0, 0.05) is 25.5 Å². The van der Waals surface area contributed by atoms with Gasteiger partial charge in [-0.25, -0.2) is 9.59 Å². The zero-order valence-electron chi connectivity index (χ0n) is 15.4. The van der Waals surface area contributed by atoms with Gasteiger partial charge in [0.2, 0.25) is 0 Å². The Morgan fingerprint density at radius 2 is 1.68 bits per heavy atom. The fourth-order valence-electron chi connectivity index (χ4n) is 1.93. The van der Waals surface area contributed by atoms with Gasteiger partial charge in [0.15, 0.2) is 5.82 Å². The van der Waals surface area contributed by atoms with Gasteiger partial charge in [-0.3, -0.25) is 4.98 Å². The van der Waals surface area contributed by atoms with E-state index in [0.717, 1.165) is 37.0 Å². The molecule has 0 saturated carbocycles. The summed E-state index contributed by atoms with van der Waals surface area (Å²) in [7, 11) is 0. The number of carbonyl (C=O) groups is 2. The number of pyridine rings is 1. The van der Waals surface area contributed by atoms with E-state index in [9.17, 15) is 26.3 Å². The zero-order chi connectivity index (χ0) is 23.7. The Kier molecular flexibility index (Phi) is 9.16. The predicted molar refractivity (Wildman–Crippen MR) is 90.7 cm³/mol. The minimum absolute atomic E-state index is 0.679. The molecule has 0 unspecified atom stereocenters. The summed E-state index contributed by atoms with van der Waals surface area (Å²) in [5, 5.41) is 29.2. The number of hydrogen-bond donors (Lipinski definition) is 4. The van der Waals surface area contributed by atoms with Crippen molar-refractivity contribution >= 4 is 17.6 Å². The molecular formula is C15H16F6N6O4. The monoisotopic (exact) mass is 458 g/mol. The van der Waals surface area contributed by atoms with Crippen LogP contribution in [0.25, 0.3) is 0 Å². The molecule has 0 fully saturated rings. The molecule has 31 heavy (non-hydrogen) atoms. The molecule has 16 heteroatoms. The lowest BCUT2D eigenvalue weighted by Crippen LogP contribution is -2.29.